The minimum atomic E-state index is -1.45. The predicted molar refractivity (Wildman–Crippen MR) is 71.2 cm³/mol. The largest absolute Gasteiger partial charge is 0.386 e. The Morgan fingerprint density at radius 2 is 1.65 bits per heavy atom. The van der Waals surface area contributed by atoms with Gasteiger partial charge in [0.15, 0.2) is 5.82 Å². The Morgan fingerprint density at radius 3 is 2.30 bits per heavy atom. The number of halogens is 4. The van der Waals surface area contributed by atoms with Gasteiger partial charge < -0.3 is 10.4 Å². The maximum atomic E-state index is 13.6. The van der Waals surface area contributed by atoms with Crippen LogP contribution >= 0.6 is 11.6 Å². The van der Waals surface area contributed by atoms with Gasteiger partial charge in [-0.3, -0.25) is 0 Å². The molecule has 1 unspecified atom stereocenters. The smallest absolute Gasteiger partial charge is 0.164 e. The molecule has 0 amide bonds. The van der Waals surface area contributed by atoms with E-state index in [-0.39, 0.29) is 17.3 Å². The van der Waals surface area contributed by atoms with E-state index in [2.05, 4.69) is 5.32 Å². The van der Waals surface area contributed by atoms with Gasteiger partial charge in [0.1, 0.15) is 17.7 Å². The zero-order chi connectivity index (χ0) is 14.7. The maximum Gasteiger partial charge on any atom is 0.164 e. The van der Waals surface area contributed by atoms with E-state index in [0.717, 1.165) is 12.1 Å². The summed E-state index contributed by atoms with van der Waals surface area (Å²) < 4.78 is 40.5. The molecular formula is C14H11ClF3NO. The van der Waals surface area contributed by atoms with Crippen LogP contribution in [0.1, 0.15) is 11.7 Å². The molecule has 0 spiro atoms. The number of hydrogen-bond acceptors (Lipinski definition) is 2. The second-order valence-corrected chi connectivity index (χ2v) is 4.54. The molecule has 20 heavy (non-hydrogen) atoms. The molecule has 106 valence electrons. The molecule has 1 atom stereocenters. The summed E-state index contributed by atoms with van der Waals surface area (Å²) >= 11 is 5.60. The number of rotatable bonds is 4. The summed E-state index contributed by atoms with van der Waals surface area (Å²) in [6.45, 7) is -0.255. The highest BCUT2D eigenvalue weighted by Crippen LogP contribution is 2.24. The fourth-order valence-corrected chi connectivity index (χ4v) is 1.95. The third-order valence-corrected chi connectivity index (χ3v) is 3.06. The minimum Gasteiger partial charge on any atom is -0.386 e. The van der Waals surface area contributed by atoms with Crippen molar-refractivity contribution in [3.05, 3.63) is 64.4 Å². The monoisotopic (exact) mass is 301 g/mol. The van der Waals surface area contributed by atoms with E-state index in [1.54, 1.807) is 0 Å². The zero-order valence-electron chi connectivity index (χ0n) is 10.2. The lowest BCUT2D eigenvalue weighted by Crippen LogP contribution is -2.15. The van der Waals surface area contributed by atoms with Crippen molar-refractivity contribution in [2.75, 3.05) is 11.9 Å². The highest BCUT2D eigenvalue weighted by molar-refractivity contribution is 6.31. The first-order chi connectivity index (χ1) is 9.50. The van der Waals surface area contributed by atoms with Crippen LogP contribution in [0.4, 0.5) is 18.9 Å². The van der Waals surface area contributed by atoms with Gasteiger partial charge in [0.05, 0.1) is 16.3 Å². The van der Waals surface area contributed by atoms with Crippen LogP contribution in [0.25, 0.3) is 0 Å². The molecule has 0 heterocycles. The number of benzene rings is 2. The van der Waals surface area contributed by atoms with Crippen molar-refractivity contribution in [3.63, 3.8) is 0 Å². The van der Waals surface area contributed by atoms with Crippen LogP contribution in [-0.4, -0.2) is 11.7 Å². The third kappa shape index (κ3) is 3.05. The molecule has 0 aliphatic heterocycles. The average Bonchev–Trinajstić information content (AvgIpc) is 2.40. The molecule has 0 saturated heterocycles. The number of nitrogens with one attached hydrogen (secondary N) is 1. The molecule has 2 nitrogen and oxygen atoms in total. The normalized spacial score (nSPS) is 12.2. The van der Waals surface area contributed by atoms with Crippen molar-refractivity contribution < 1.29 is 18.3 Å². The van der Waals surface area contributed by atoms with Gasteiger partial charge in [0, 0.05) is 6.54 Å². The first-order valence-corrected chi connectivity index (χ1v) is 6.18. The van der Waals surface area contributed by atoms with Crippen molar-refractivity contribution in [2.45, 2.75) is 6.10 Å². The Balaban J connectivity index is 2.13. The molecule has 0 aromatic heterocycles. The molecule has 0 fully saturated rings. The second-order valence-electron chi connectivity index (χ2n) is 4.13. The first kappa shape index (κ1) is 14.7. The molecular weight excluding hydrogens is 291 g/mol. The van der Waals surface area contributed by atoms with Crippen molar-refractivity contribution in [3.8, 4) is 0 Å². The van der Waals surface area contributed by atoms with Crippen LogP contribution in [0.2, 0.25) is 5.02 Å². The van der Waals surface area contributed by atoms with Crippen molar-refractivity contribution >= 4 is 17.3 Å². The molecule has 2 aromatic carbocycles. The predicted octanol–water partition coefficient (Wildman–Crippen LogP) is 3.90. The van der Waals surface area contributed by atoms with Crippen LogP contribution in [0, 0.1) is 17.5 Å². The Kier molecular flexibility index (Phi) is 4.52. The van der Waals surface area contributed by atoms with Crippen molar-refractivity contribution in [1.82, 2.24) is 0 Å². The van der Waals surface area contributed by atoms with Crippen LogP contribution in [0.15, 0.2) is 36.4 Å². The number of aliphatic hydroxyl groups excluding tert-OH is 1. The van der Waals surface area contributed by atoms with Gasteiger partial charge in [0.2, 0.25) is 0 Å². The van der Waals surface area contributed by atoms with Gasteiger partial charge in [-0.2, -0.15) is 0 Å². The topological polar surface area (TPSA) is 32.3 Å². The number of aliphatic hydroxyl groups is 1. The van der Waals surface area contributed by atoms with E-state index < -0.39 is 29.1 Å². The maximum absolute atomic E-state index is 13.6. The minimum absolute atomic E-state index is 0.0493. The van der Waals surface area contributed by atoms with Gasteiger partial charge in [-0.15, -0.1) is 0 Å². The summed E-state index contributed by atoms with van der Waals surface area (Å²) in [6.07, 6.45) is -1.45. The summed E-state index contributed by atoms with van der Waals surface area (Å²) in [5.41, 5.74) is -0.407. The van der Waals surface area contributed by atoms with E-state index in [0.29, 0.717) is 0 Å². The van der Waals surface area contributed by atoms with Crippen LogP contribution in [0.3, 0.4) is 0 Å². The number of hydrogen-bond donors (Lipinski definition) is 2. The fraction of sp³-hybridized carbons (Fsp3) is 0.143. The zero-order valence-corrected chi connectivity index (χ0v) is 11.0. The van der Waals surface area contributed by atoms with Crippen molar-refractivity contribution in [2.24, 2.45) is 0 Å². The van der Waals surface area contributed by atoms with E-state index in [9.17, 15) is 18.3 Å². The summed E-state index contributed by atoms with van der Waals surface area (Å²) in [5.74, 6) is -2.40. The Morgan fingerprint density at radius 1 is 1.05 bits per heavy atom. The molecule has 0 aliphatic rings. The van der Waals surface area contributed by atoms with Gasteiger partial charge in [-0.1, -0.05) is 23.7 Å². The molecule has 2 N–H and O–H groups in total. The van der Waals surface area contributed by atoms with Crippen molar-refractivity contribution in [1.29, 1.82) is 0 Å². The molecule has 2 rings (SSSR count). The Hall–Kier alpha value is -1.72. The number of anilines is 1. The molecule has 0 aliphatic carbocycles. The molecule has 2 aromatic rings. The van der Waals surface area contributed by atoms with Crippen LogP contribution < -0.4 is 5.32 Å². The Labute approximate surface area is 118 Å². The first-order valence-electron chi connectivity index (χ1n) is 5.80. The summed E-state index contributed by atoms with van der Waals surface area (Å²) in [4.78, 5) is 0. The highest BCUT2D eigenvalue weighted by Gasteiger charge is 2.18. The van der Waals surface area contributed by atoms with E-state index in [1.165, 1.54) is 24.3 Å². The van der Waals surface area contributed by atoms with Crippen LogP contribution in [-0.2, 0) is 0 Å². The highest BCUT2D eigenvalue weighted by atomic mass is 35.5. The molecule has 6 heteroatoms. The van der Waals surface area contributed by atoms with Gasteiger partial charge in [-0.25, -0.2) is 13.2 Å². The molecule has 0 bridgehead atoms. The SMILES string of the molecule is OC(CNc1cccc(Cl)c1F)c1c(F)cccc1F. The Bertz CT molecular complexity index is 601. The van der Waals surface area contributed by atoms with E-state index >= 15 is 0 Å². The molecule has 0 saturated carbocycles. The van der Waals surface area contributed by atoms with Gasteiger partial charge in [0.25, 0.3) is 0 Å². The lowest BCUT2D eigenvalue weighted by Gasteiger charge is -2.15. The lowest BCUT2D eigenvalue weighted by atomic mass is 10.1. The van der Waals surface area contributed by atoms with E-state index in [4.69, 9.17) is 11.6 Å². The second kappa shape index (κ2) is 6.15. The van der Waals surface area contributed by atoms with E-state index in [1.807, 2.05) is 0 Å². The summed E-state index contributed by atoms with van der Waals surface area (Å²) in [5, 5.41) is 12.3. The summed E-state index contributed by atoms with van der Waals surface area (Å²) in [7, 11) is 0. The lowest BCUT2D eigenvalue weighted by molar-refractivity contribution is 0.181. The van der Waals surface area contributed by atoms with Crippen LogP contribution in [0.5, 0.6) is 0 Å². The molecule has 0 radical (unpaired) electrons. The quantitative estimate of drug-likeness (QED) is 0.897. The summed E-state index contributed by atoms with van der Waals surface area (Å²) in [6, 6.07) is 7.58. The average molecular weight is 302 g/mol. The van der Waals surface area contributed by atoms with Gasteiger partial charge >= 0.3 is 0 Å². The third-order valence-electron chi connectivity index (χ3n) is 2.77. The van der Waals surface area contributed by atoms with Gasteiger partial charge in [-0.05, 0) is 24.3 Å². The standard InChI is InChI=1S/C14H11ClF3NO/c15-8-3-1-6-11(14(8)18)19-7-12(20)13-9(16)4-2-5-10(13)17/h1-6,12,19-20H,7H2. The fourth-order valence-electron chi connectivity index (χ4n) is 1.78.